The number of carbonyl (C=O) groups is 2. The van der Waals surface area contributed by atoms with Gasteiger partial charge in [-0.2, -0.15) is 0 Å². The minimum atomic E-state index is -0.379. The number of rotatable bonds is 3. The predicted octanol–water partition coefficient (Wildman–Crippen LogP) is 1.33. The third-order valence-corrected chi connectivity index (χ3v) is 3.97. The van der Waals surface area contributed by atoms with Crippen LogP contribution in [0.1, 0.15) is 18.4 Å². The Bertz CT molecular complexity index is 528. The van der Waals surface area contributed by atoms with E-state index in [2.05, 4.69) is 0 Å². The van der Waals surface area contributed by atoms with Crippen molar-refractivity contribution in [2.45, 2.75) is 31.4 Å². The van der Waals surface area contributed by atoms with Crippen molar-refractivity contribution >= 4 is 11.7 Å². The fraction of sp³-hybridized carbons (Fsp3) is 0.467. The van der Waals surface area contributed by atoms with Crippen molar-refractivity contribution in [3.05, 3.63) is 35.6 Å². The largest absolute Gasteiger partial charge is 0.368 e. The fourth-order valence-electron chi connectivity index (χ4n) is 2.92. The van der Waals surface area contributed by atoms with E-state index in [0.717, 1.165) is 12.0 Å². The monoisotopic (exact) mass is 277 g/mol. The maximum Gasteiger partial charge on any atom is 0.223 e. The highest BCUT2D eigenvalue weighted by atomic mass is 19.1. The average Bonchev–Trinajstić information content (AvgIpc) is 3.01. The number of ether oxygens (including phenoxy) is 1. The van der Waals surface area contributed by atoms with Gasteiger partial charge >= 0.3 is 0 Å². The Morgan fingerprint density at radius 1 is 1.35 bits per heavy atom. The molecule has 2 atom stereocenters. The molecule has 0 bridgehead atoms. The summed E-state index contributed by atoms with van der Waals surface area (Å²) in [7, 11) is 0. The lowest BCUT2D eigenvalue weighted by Gasteiger charge is -2.21. The summed E-state index contributed by atoms with van der Waals surface area (Å²) < 4.78 is 18.2. The summed E-state index contributed by atoms with van der Waals surface area (Å²) >= 11 is 0. The maximum absolute atomic E-state index is 12.8. The molecule has 4 nitrogen and oxygen atoms in total. The Labute approximate surface area is 116 Å². The van der Waals surface area contributed by atoms with Gasteiger partial charge in [0, 0.05) is 13.0 Å². The van der Waals surface area contributed by atoms with Crippen LogP contribution in [0.3, 0.4) is 0 Å². The van der Waals surface area contributed by atoms with Gasteiger partial charge in [-0.3, -0.25) is 9.59 Å². The molecule has 1 aromatic rings. The number of carbonyl (C=O) groups excluding carboxylic acids is 2. The Kier molecular flexibility index (Phi) is 3.53. The highest BCUT2D eigenvalue weighted by Gasteiger charge is 2.46. The van der Waals surface area contributed by atoms with Gasteiger partial charge in [0.25, 0.3) is 0 Å². The first-order valence-corrected chi connectivity index (χ1v) is 6.83. The lowest BCUT2D eigenvalue weighted by molar-refractivity contribution is -0.136. The molecule has 0 spiro atoms. The van der Waals surface area contributed by atoms with Gasteiger partial charge < -0.3 is 9.64 Å². The normalized spacial score (nSPS) is 25.1. The summed E-state index contributed by atoms with van der Waals surface area (Å²) in [5.74, 6) is -0.306. The number of fused-ring (bicyclic) bond motifs is 1. The first-order valence-electron chi connectivity index (χ1n) is 6.83. The van der Waals surface area contributed by atoms with Gasteiger partial charge in [0.1, 0.15) is 18.5 Å². The van der Waals surface area contributed by atoms with E-state index >= 15 is 0 Å². The number of likely N-dealkylation sites (tertiary alicyclic amines) is 1. The number of ketones is 1. The lowest BCUT2D eigenvalue weighted by Crippen LogP contribution is -2.42. The highest BCUT2D eigenvalue weighted by Crippen LogP contribution is 2.27. The third-order valence-electron chi connectivity index (χ3n) is 3.97. The topological polar surface area (TPSA) is 46.6 Å². The quantitative estimate of drug-likeness (QED) is 0.837. The van der Waals surface area contributed by atoms with E-state index in [4.69, 9.17) is 4.74 Å². The zero-order valence-corrected chi connectivity index (χ0v) is 11.0. The number of hydrogen-bond acceptors (Lipinski definition) is 3. The number of aryl methyl sites for hydroxylation is 1. The average molecular weight is 277 g/mol. The van der Waals surface area contributed by atoms with Crippen LogP contribution in [0, 0.1) is 5.82 Å². The summed E-state index contributed by atoms with van der Waals surface area (Å²) in [4.78, 5) is 25.6. The van der Waals surface area contributed by atoms with Crippen LogP contribution in [0.5, 0.6) is 0 Å². The molecular formula is C15H16FNO3. The molecule has 1 aromatic carbocycles. The van der Waals surface area contributed by atoms with Crippen molar-refractivity contribution in [1.29, 1.82) is 0 Å². The van der Waals surface area contributed by atoms with E-state index in [-0.39, 0.29) is 36.3 Å². The molecule has 106 valence electrons. The number of halogens is 1. The number of nitrogens with zero attached hydrogens (tertiary/aromatic N) is 1. The summed E-state index contributed by atoms with van der Waals surface area (Å²) in [5.41, 5.74) is 0.921. The Morgan fingerprint density at radius 3 is 2.85 bits per heavy atom. The van der Waals surface area contributed by atoms with Crippen molar-refractivity contribution in [1.82, 2.24) is 4.90 Å². The Morgan fingerprint density at radius 2 is 2.10 bits per heavy atom. The second-order valence-electron chi connectivity index (χ2n) is 5.26. The van der Waals surface area contributed by atoms with E-state index < -0.39 is 0 Å². The van der Waals surface area contributed by atoms with Gasteiger partial charge in [0.2, 0.25) is 5.91 Å². The van der Waals surface area contributed by atoms with Crippen LogP contribution >= 0.6 is 0 Å². The van der Waals surface area contributed by atoms with Crippen LogP contribution in [0.2, 0.25) is 0 Å². The molecule has 0 N–H and O–H groups in total. The summed E-state index contributed by atoms with van der Waals surface area (Å²) in [5, 5.41) is 0. The summed E-state index contributed by atoms with van der Waals surface area (Å²) in [6, 6.07) is 5.76. The molecule has 2 unspecified atom stereocenters. The van der Waals surface area contributed by atoms with E-state index in [1.807, 2.05) is 0 Å². The predicted molar refractivity (Wildman–Crippen MR) is 69.6 cm³/mol. The van der Waals surface area contributed by atoms with Gasteiger partial charge in [0.15, 0.2) is 5.78 Å². The maximum atomic E-state index is 12.8. The van der Waals surface area contributed by atoms with Gasteiger partial charge in [0.05, 0.1) is 6.10 Å². The third kappa shape index (κ3) is 2.45. The van der Waals surface area contributed by atoms with Crippen LogP contribution in [-0.4, -0.2) is 41.9 Å². The van der Waals surface area contributed by atoms with Crippen LogP contribution in [0.15, 0.2) is 24.3 Å². The standard InChI is InChI=1S/C15H16FNO3/c16-11-4-1-10(2-5-11)3-6-14(19)17-8-7-13-15(17)12(18)9-20-13/h1-2,4-5,13,15H,3,6-9H2. The molecule has 2 saturated heterocycles. The Hall–Kier alpha value is -1.75. The zero-order valence-electron chi connectivity index (χ0n) is 11.0. The van der Waals surface area contributed by atoms with Gasteiger partial charge in [-0.1, -0.05) is 12.1 Å². The van der Waals surface area contributed by atoms with Crippen molar-refractivity contribution < 1.29 is 18.7 Å². The highest BCUT2D eigenvalue weighted by molar-refractivity contribution is 5.92. The molecule has 20 heavy (non-hydrogen) atoms. The minimum absolute atomic E-state index is 0.00244. The molecule has 0 radical (unpaired) electrons. The number of benzene rings is 1. The summed E-state index contributed by atoms with van der Waals surface area (Å²) in [6.45, 7) is 0.709. The van der Waals surface area contributed by atoms with E-state index in [1.165, 1.54) is 12.1 Å². The number of hydrogen-bond donors (Lipinski definition) is 0. The van der Waals surface area contributed by atoms with Crippen molar-refractivity contribution in [2.24, 2.45) is 0 Å². The first kappa shape index (κ1) is 13.2. The molecule has 2 heterocycles. The molecule has 0 aliphatic carbocycles. The van der Waals surface area contributed by atoms with E-state index in [9.17, 15) is 14.0 Å². The first-order chi connectivity index (χ1) is 9.65. The van der Waals surface area contributed by atoms with E-state index in [0.29, 0.717) is 19.4 Å². The van der Waals surface area contributed by atoms with Gasteiger partial charge in [-0.05, 0) is 30.5 Å². The SMILES string of the molecule is O=C1COC2CCN(C(=O)CCc3ccc(F)cc3)C12. The minimum Gasteiger partial charge on any atom is -0.368 e. The van der Waals surface area contributed by atoms with Gasteiger partial charge in [-0.15, -0.1) is 0 Å². The lowest BCUT2D eigenvalue weighted by atomic mass is 10.1. The van der Waals surface area contributed by atoms with E-state index in [1.54, 1.807) is 17.0 Å². The van der Waals surface area contributed by atoms with Crippen molar-refractivity contribution in [3.8, 4) is 0 Å². The Balaban J connectivity index is 1.59. The second-order valence-corrected chi connectivity index (χ2v) is 5.26. The van der Waals surface area contributed by atoms with Crippen LogP contribution in [0.4, 0.5) is 4.39 Å². The van der Waals surface area contributed by atoms with Gasteiger partial charge in [-0.25, -0.2) is 4.39 Å². The van der Waals surface area contributed by atoms with Crippen LogP contribution < -0.4 is 0 Å². The number of Topliss-reactive ketones (excluding diaryl/α,β-unsaturated/α-hetero) is 1. The van der Waals surface area contributed by atoms with Crippen molar-refractivity contribution in [2.75, 3.05) is 13.2 Å². The summed E-state index contributed by atoms with van der Waals surface area (Å²) in [6.07, 6.45) is 1.51. The molecule has 5 heteroatoms. The molecule has 1 amide bonds. The molecule has 2 fully saturated rings. The smallest absolute Gasteiger partial charge is 0.223 e. The second kappa shape index (κ2) is 5.32. The molecular weight excluding hydrogens is 261 g/mol. The zero-order chi connectivity index (χ0) is 14.1. The van der Waals surface area contributed by atoms with Crippen LogP contribution in [0.25, 0.3) is 0 Å². The molecule has 0 aromatic heterocycles. The molecule has 2 aliphatic rings. The fourth-order valence-corrected chi connectivity index (χ4v) is 2.92. The van der Waals surface area contributed by atoms with Crippen LogP contribution in [-0.2, 0) is 20.7 Å². The molecule has 0 saturated carbocycles. The number of amides is 1. The molecule has 3 rings (SSSR count). The van der Waals surface area contributed by atoms with Crippen molar-refractivity contribution in [3.63, 3.8) is 0 Å². The molecule has 2 aliphatic heterocycles.